The first-order chi connectivity index (χ1) is 12.8. The van der Waals surface area contributed by atoms with Crippen LogP contribution >= 0.6 is 0 Å². The molecule has 0 radical (unpaired) electrons. The van der Waals surface area contributed by atoms with Gasteiger partial charge in [-0.3, -0.25) is 4.79 Å². The van der Waals surface area contributed by atoms with E-state index in [2.05, 4.69) is 4.57 Å². The fourth-order valence-electron chi connectivity index (χ4n) is 3.16. The molecule has 140 valence electrons. The van der Waals surface area contributed by atoms with E-state index >= 15 is 0 Å². The van der Waals surface area contributed by atoms with E-state index in [1.807, 2.05) is 44.2 Å². The molecule has 0 spiro atoms. The fourth-order valence-corrected chi connectivity index (χ4v) is 3.16. The van der Waals surface area contributed by atoms with E-state index in [0.29, 0.717) is 17.9 Å². The first-order valence-electron chi connectivity index (χ1n) is 8.65. The highest BCUT2D eigenvalue weighted by Gasteiger charge is 2.15. The van der Waals surface area contributed by atoms with Crippen LogP contribution in [-0.4, -0.2) is 27.7 Å². The average molecular weight is 366 g/mol. The number of fused-ring (bicyclic) bond motifs is 1. The molecule has 3 N–H and O–H groups in total. The van der Waals surface area contributed by atoms with Crippen molar-refractivity contribution in [3.63, 3.8) is 0 Å². The van der Waals surface area contributed by atoms with Gasteiger partial charge in [0.1, 0.15) is 5.75 Å². The number of nitrogens with zero attached hydrogens (tertiary/aromatic N) is 1. The van der Waals surface area contributed by atoms with Gasteiger partial charge in [-0.25, -0.2) is 4.79 Å². The lowest BCUT2D eigenvalue weighted by Crippen LogP contribution is -2.22. The first kappa shape index (κ1) is 18.5. The molecule has 1 heterocycles. The standard InChI is InChI=1S/C21H22N2O4/c1-12-13(2)23(19-8-7-16(20(22)24)10-18(12)19)11-15-5-4-6-17(9-15)27-14(3)21(25)26/h4-10,14H,11H2,1-3H3,(H2,22,24)(H,25,26). The lowest BCUT2D eigenvalue weighted by Gasteiger charge is -2.13. The normalized spacial score (nSPS) is 12.1. The molecule has 0 aliphatic heterocycles. The predicted molar refractivity (Wildman–Crippen MR) is 103 cm³/mol. The number of carbonyl (C=O) groups excluding carboxylic acids is 1. The monoisotopic (exact) mass is 366 g/mol. The Morgan fingerprint density at radius 1 is 1.19 bits per heavy atom. The van der Waals surface area contributed by atoms with Crippen molar-refractivity contribution >= 4 is 22.8 Å². The topological polar surface area (TPSA) is 94.6 Å². The van der Waals surface area contributed by atoms with Gasteiger partial charge in [0.25, 0.3) is 0 Å². The second kappa shape index (κ2) is 7.15. The van der Waals surface area contributed by atoms with Crippen molar-refractivity contribution in [1.29, 1.82) is 0 Å². The zero-order valence-electron chi connectivity index (χ0n) is 15.5. The molecule has 0 bridgehead atoms. The number of nitrogens with two attached hydrogens (primary N) is 1. The number of carboxylic acids is 1. The van der Waals surface area contributed by atoms with Gasteiger partial charge < -0.3 is 20.1 Å². The lowest BCUT2D eigenvalue weighted by molar-refractivity contribution is -0.144. The zero-order valence-corrected chi connectivity index (χ0v) is 15.5. The molecule has 0 saturated carbocycles. The summed E-state index contributed by atoms with van der Waals surface area (Å²) in [5.41, 5.74) is 10.1. The Hall–Kier alpha value is -3.28. The number of primary amides is 1. The van der Waals surface area contributed by atoms with Gasteiger partial charge >= 0.3 is 5.97 Å². The predicted octanol–water partition coefficient (Wildman–Crippen LogP) is 3.26. The quantitative estimate of drug-likeness (QED) is 0.700. The average Bonchev–Trinajstić information content (AvgIpc) is 2.86. The van der Waals surface area contributed by atoms with Crippen LogP contribution < -0.4 is 10.5 Å². The largest absolute Gasteiger partial charge is 0.479 e. The number of hydrogen-bond acceptors (Lipinski definition) is 3. The second-order valence-electron chi connectivity index (χ2n) is 6.64. The first-order valence-corrected chi connectivity index (χ1v) is 8.65. The van der Waals surface area contributed by atoms with Gasteiger partial charge in [0, 0.05) is 28.7 Å². The SMILES string of the molecule is Cc1c(C)n(Cc2cccc(OC(C)C(=O)O)c2)c2ccc(C(N)=O)cc12. The van der Waals surface area contributed by atoms with Crippen molar-refractivity contribution in [2.24, 2.45) is 5.73 Å². The molecule has 0 saturated heterocycles. The van der Waals surface area contributed by atoms with Gasteiger partial charge in [-0.2, -0.15) is 0 Å². The Balaban J connectivity index is 1.96. The molecule has 1 aromatic heterocycles. The number of carboxylic acid groups (broad SMARTS) is 1. The zero-order chi connectivity index (χ0) is 19.7. The molecule has 6 heteroatoms. The maximum Gasteiger partial charge on any atom is 0.344 e. The molecular formula is C21H22N2O4. The van der Waals surface area contributed by atoms with Crippen molar-refractivity contribution in [3.05, 3.63) is 64.8 Å². The number of rotatable bonds is 6. The van der Waals surface area contributed by atoms with Gasteiger partial charge in [-0.05, 0) is 62.2 Å². The third kappa shape index (κ3) is 3.65. The summed E-state index contributed by atoms with van der Waals surface area (Å²) >= 11 is 0. The summed E-state index contributed by atoms with van der Waals surface area (Å²) in [5.74, 6) is -0.933. The minimum Gasteiger partial charge on any atom is -0.479 e. The highest BCUT2D eigenvalue weighted by molar-refractivity contribution is 5.98. The number of amides is 1. The van der Waals surface area contributed by atoms with E-state index in [4.69, 9.17) is 15.6 Å². The molecule has 1 atom stereocenters. The van der Waals surface area contributed by atoms with Gasteiger partial charge in [0.15, 0.2) is 6.10 Å². The van der Waals surface area contributed by atoms with E-state index in [1.54, 1.807) is 12.1 Å². The Kier molecular flexibility index (Phi) is 4.90. The van der Waals surface area contributed by atoms with Gasteiger partial charge in [0.05, 0.1) is 0 Å². The molecule has 3 aromatic rings. The number of ether oxygens (including phenoxy) is 1. The summed E-state index contributed by atoms with van der Waals surface area (Å²) in [5, 5.41) is 10.0. The number of aryl methyl sites for hydroxylation is 1. The van der Waals surface area contributed by atoms with E-state index in [9.17, 15) is 9.59 Å². The molecule has 0 aliphatic rings. The van der Waals surface area contributed by atoms with Crippen LogP contribution in [0.4, 0.5) is 0 Å². The van der Waals surface area contributed by atoms with E-state index < -0.39 is 18.0 Å². The Morgan fingerprint density at radius 3 is 2.59 bits per heavy atom. The maximum absolute atomic E-state index is 11.5. The summed E-state index contributed by atoms with van der Waals surface area (Å²) in [7, 11) is 0. The molecule has 2 aromatic carbocycles. The van der Waals surface area contributed by atoms with Crippen LogP contribution in [0.3, 0.4) is 0 Å². The lowest BCUT2D eigenvalue weighted by atomic mass is 10.1. The molecular weight excluding hydrogens is 344 g/mol. The second-order valence-corrected chi connectivity index (χ2v) is 6.64. The number of hydrogen-bond donors (Lipinski definition) is 2. The summed E-state index contributed by atoms with van der Waals surface area (Å²) in [6.07, 6.45) is -0.913. The van der Waals surface area contributed by atoms with Crippen LogP contribution in [0.2, 0.25) is 0 Å². The van der Waals surface area contributed by atoms with Crippen molar-refractivity contribution < 1.29 is 19.4 Å². The van der Waals surface area contributed by atoms with Crippen molar-refractivity contribution in [2.45, 2.75) is 33.4 Å². The minimum absolute atomic E-state index is 0.445. The third-order valence-corrected chi connectivity index (χ3v) is 4.82. The molecule has 6 nitrogen and oxygen atoms in total. The number of benzene rings is 2. The third-order valence-electron chi connectivity index (χ3n) is 4.82. The number of aliphatic carboxylic acids is 1. The number of aromatic nitrogens is 1. The van der Waals surface area contributed by atoms with E-state index in [0.717, 1.165) is 27.7 Å². The molecule has 0 fully saturated rings. The van der Waals surface area contributed by atoms with Crippen LogP contribution in [0, 0.1) is 13.8 Å². The maximum atomic E-state index is 11.5. The summed E-state index contributed by atoms with van der Waals surface area (Å²) in [4.78, 5) is 22.5. The van der Waals surface area contributed by atoms with Gasteiger partial charge in [-0.1, -0.05) is 12.1 Å². The van der Waals surface area contributed by atoms with Crippen molar-refractivity contribution in [3.8, 4) is 5.75 Å². The molecule has 27 heavy (non-hydrogen) atoms. The summed E-state index contributed by atoms with van der Waals surface area (Å²) < 4.78 is 7.62. The molecule has 0 aliphatic carbocycles. The molecule has 1 unspecified atom stereocenters. The van der Waals surface area contributed by atoms with Gasteiger partial charge in [0.2, 0.25) is 5.91 Å². The van der Waals surface area contributed by atoms with Crippen LogP contribution in [-0.2, 0) is 11.3 Å². The van der Waals surface area contributed by atoms with Crippen molar-refractivity contribution in [2.75, 3.05) is 0 Å². The van der Waals surface area contributed by atoms with Crippen LogP contribution in [0.5, 0.6) is 5.75 Å². The van der Waals surface area contributed by atoms with Crippen LogP contribution in [0.15, 0.2) is 42.5 Å². The number of carbonyl (C=O) groups is 2. The Morgan fingerprint density at radius 2 is 1.93 bits per heavy atom. The van der Waals surface area contributed by atoms with E-state index in [-0.39, 0.29) is 0 Å². The summed E-state index contributed by atoms with van der Waals surface area (Å²) in [6.45, 7) is 6.15. The minimum atomic E-state index is -1.01. The van der Waals surface area contributed by atoms with E-state index in [1.165, 1.54) is 6.92 Å². The fraction of sp³-hybridized carbons (Fsp3) is 0.238. The van der Waals surface area contributed by atoms with Crippen LogP contribution in [0.1, 0.15) is 34.1 Å². The smallest absolute Gasteiger partial charge is 0.344 e. The molecule has 3 rings (SSSR count). The van der Waals surface area contributed by atoms with Crippen molar-refractivity contribution in [1.82, 2.24) is 4.57 Å². The highest BCUT2D eigenvalue weighted by atomic mass is 16.5. The highest BCUT2D eigenvalue weighted by Crippen LogP contribution is 2.28. The molecule has 1 amide bonds. The van der Waals surface area contributed by atoms with Gasteiger partial charge in [-0.15, -0.1) is 0 Å². The van der Waals surface area contributed by atoms with Crippen LogP contribution in [0.25, 0.3) is 10.9 Å². The Labute approximate surface area is 157 Å². The summed E-state index contributed by atoms with van der Waals surface area (Å²) in [6, 6.07) is 12.9. The Bertz CT molecular complexity index is 1040.